The third-order valence-corrected chi connectivity index (χ3v) is 6.99. The van der Waals surface area contributed by atoms with Gasteiger partial charge in [-0.2, -0.15) is 5.26 Å². The Hall–Kier alpha value is -2.69. The normalized spacial score (nSPS) is 11.4. The van der Waals surface area contributed by atoms with E-state index in [9.17, 15) is 5.26 Å². The van der Waals surface area contributed by atoms with Crippen LogP contribution in [0, 0.1) is 11.3 Å². The van der Waals surface area contributed by atoms with E-state index in [1.54, 1.807) is 48.8 Å². The maximum absolute atomic E-state index is 9.64. The Morgan fingerprint density at radius 2 is 1.94 bits per heavy atom. The van der Waals surface area contributed by atoms with Gasteiger partial charge in [-0.1, -0.05) is 47.5 Å². The first-order valence-corrected chi connectivity index (χ1v) is 11.8. The molecule has 8 heteroatoms. The van der Waals surface area contributed by atoms with Gasteiger partial charge in [-0.05, 0) is 65.4 Å². The number of allylic oxidation sites excluding steroid dienone is 1. The predicted octanol–water partition coefficient (Wildman–Crippen LogP) is 7.85. The fraction of sp³-hybridized carbons (Fsp3) is 0.0833. The molecule has 0 unspecified atom stereocenters. The van der Waals surface area contributed by atoms with Crippen molar-refractivity contribution in [3.05, 3.63) is 86.7 Å². The highest BCUT2D eigenvalue weighted by atomic mass is 35.5. The van der Waals surface area contributed by atoms with Crippen molar-refractivity contribution in [3.63, 3.8) is 0 Å². The van der Waals surface area contributed by atoms with Crippen LogP contribution in [0.1, 0.15) is 11.1 Å². The largest absolute Gasteiger partial charge is 0.493 e. The van der Waals surface area contributed by atoms with Crippen molar-refractivity contribution in [2.75, 3.05) is 7.11 Å². The van der Waals surface area contributed by atoms with Crippen LogP contribution >= 0.6 is 46.3 Å². The van der Waals surface area contributed by atoms with Crippen molar-refractivity contribution in [2.24, 2.45) is 0 Å². The number of benzene rings is 3. The Bertz CT molecular complexity index is 1300. The van der Waals surface area contributed by atoms with E-state index >= 15 is 0 Å². The Kier molecular flexibility index (Phi) is 7.23. The number of fused-ring (bicyclic) bond motifs is 1. The average Bonchev–Trinajstić information content (AvgIpc) is 3.21. The minimum absolute atomic E-state index is 0.319. The van der Waals surface area contributed by atoms with Crippen molar-refractivity contribution in [3.8, 4) is 17.6 Å². The second-order valence-corrected chi connectivity index (χ2v) is 9.78. The molecule has 1 aromatic heterocycles. The molecule has 0 amide bonds. The molecule has 0 spiro atoms. The number of halogens is 2. The van der Waals surface area contributed by atoms with E-state index in [-0.39, 0.29) is 0 Å². The van der Waals surface area contributed by atoms with Crippen LogP contribution in [-0.4, -0.2) is 12.1 Å². The molecule has 0 aliphatic rings. The number of hydrogen-bond donors (Lipinski definition) is 0. The van der Waals surface area contributed by atoms with E-state index in [0.717, 1.165) is 25.7 Å². The number of aromatic nitrogens is 1. The summed E-state index contributed by atoms with van der Waals surface area (Å²) in [5.41, 5.74) is 2.61. The topological polar surface area (TPSA) is 55.1 Å². The van der Waals surface area contributed by atoms with E-state index in [2.05, 4.69) is 11.1 Å². The molecular weight excluding hydrogens is 483 g/mol. The van der Waals surface area contributed by atoms with Crippen LogP contribution in [-0.2, 0) is 6.61 Å². The molecule has 0 fully saturated rings. The molecule has 3 aromatic carbocycles. The fourth-order valence-electron chi connectivity index (χ4n) is 2.92. The van der Waals surface area contributed by atoms with Gasteiger partial charge in [0, 0.05) is 5.02 Å². The second-order valence-electron chi connectivity index (χ2n) is 6.62. The van der Waals surface area contributed by atoms with Gasteiger partial charge in [0.15, 0.2) is 15.8 Å². The first-order chi connectivity index (χ1) is 15.6. The predicted molar refractivity (Wildman–Crippen MR) is 133 cm³/mol. The molecular formula is C24H16Cl2N2O2S2. The maximum Gasteiger partial charge on any atom is 0.180 e. The highest BCUT2D eigenvalue weighted by Crippen LogP contribution is 2.39. The van der Waals surface area contributed by atoms with E-state index in [0.29, 0.717) is 33.1 Å². The zero-order chi connectivity index (χ0) is 22.5. The van der Waals surface area contributed by atoms with Crippen molar-refractivity contribution in [2.45, 2.75) is 10.9 Å². The third-order valence-electron chi connectivity index (χ3n) is 4.43. The first kappa shape index (κ1) is 22.5. The van der Waals surface area contributed by atoms with Gasteiger partial charge in [-0.15, -0.1) is 11.3 Å². The summed E-state index contributed by atoms with van der Waals surface area (Å²) >= 11 is 15.3. The molecule has 0 saturated heterocycles. The molecule has 32 heavy (non-hydrogen) atoms. The summed E-state index contributed by atoms with van der Waals surface area (Å²) < 4.78 is 13.3. The summed E-state index contributed by atoms with van der Waals surface area (Å²) in [6.45, 7) is 0.319. The monoisotopic (exact) mass is 498 g/mol. The highest BCUT2D eigenvalue weighted by molar-refractivity contribution is 8.05. The number of nitrogens with zero attached hydrogens (tertiary/aromatic N) is 2. The molecule has 0 aliphatic carbocycles. The molecule has 0 N–H and O–H groups in total. The fourth-order valence-corrected chi connectivity index (χ4v) is 5.30. The van der Waals surface area contributed by atoms with Crippen LogP contribution in [0.3, 0.4) is 0 Å². The molecule has 4 aromatic rings. The summed E-state index contributed by atoms with van der Waals surface area (Å²) in [4.78, 5) is 5.07. The van der Waals surface area contributed by atoms with Crippen molar-refractivity contribution in [1.29, 1.82) is 5.26 Å². The van der Waals surface area contributed by atoms with Gasteiger partial charge in [-0.25, -0.2) is 4.98 Å². The third kappa shape index (κ3) is 5.37. The lowest BCUT2D eigenvalue weighted by Gasteiger charge is -2.13. The number of hydrogen-bond acceptors (Lipinski definition) is 6. The van der Waals surface area contributed by atoms with Crippen molar-refractivity contribution < 1.29 is 9.47 Å². The molecule has 4 nitrogen and oxygen atoms in total. The number of nitriles is 1. The van der Waals surface area contributed by atoms with Crippen molar-refractivity contribution in [1.82, 2.24) is 4.98 Å². The van der Waals surface area contributed by atoms with Gasteiger partial charge in [0.25, 0.3) is 0 Å². The molecule has 1 heterocycles. The van der Waals surface area contributed by atoms with Crippen LogP contribution in [0.25, 0.3) is 16.3 Å². The lowest BCUT2D eigenvalue weighted by Crippen LogP contribution is -1.99. The van der Waals surface area contributed by atoms with Gasteiger partial charge in [0.05, 0.1) is 27.3 Å². The minimum Gasteiger partial charge on any atom is -0.493 e. The number of thiazole rings is 1. The first-order valence-electron chi connectivity index (χ1n) is 9.45. The summed E-state index contributed by atoms with van der Waals surface area (Å²) in [6.07, 6.45) is 1.76. The number of para-hydroxylation sites is 1. The summed E-state index contributed by atoms with van der Waals surface area (Å²) in [6, 6.07) is 21.0. The number of thioether (sulfide) groups is 1. The van der Waals surface area contributed by atoms with E-state index in [1.807, 2.05) is 36.4 Å². The Balaban J connectivity index is 1.55. The SMILES string of the molecule is COc1cc(C=C(C#N)Sc2nc3ccccc3s2)cc(Cl)c1OCc1ccc(Cl)cc1. The second kappa shape index (κ2) is 10.3. The van der Waals surface area contributed by atoms with Gasteiger partial charge < -0.3 is 9.47 Å². The molecule has 0 aliphatic heterocycles. The number of methoxy groups -OCH3 is 1. The zero-order valence-corrected chi connectivity index (χ0v) is 20.0. The van der Waals surface area contributed by atoms with E-state index in [4.69, 9.17) is 32.7 Å². The standard InChI is InChI=1S/C24H16Cl2N2O2S2/c1-29-21-12-16(11-19(26)23(21)30-14-15-6-8-17(25)9-7-15)10-18(13-27)31-24-28-20-4-2-3-5-22(20)32-24/h2-12H,14H2,1H3. The van der Waals surface area contributed by atoms with Gasteiger partial charge in [0.1, 0.15) is 12.7 Å². The molecule has 160 valence electrons. The minimum atomic E-state index is 0.319. The maximum atomic E-state index is 9.64. The summed E-state index contributed by atoms with van der Waals surface area (Å²) in [7, 11) is 1.55. The quantitative estimate of drug-likeness (QED) is 0.191. The van der Waals surface area contributed by atoms with Crippen LogP contribution < -0.4 is 9.47 Å². The van der Waals surface area contributed by atoms with Crippen LogP contribution in [0.2, 0.25) is 10.0 Å². The number of ether oxygens (including phenoxy) is 2. The molecule has 0 atom stereocenters. The molecule has 4 rings (SSSR count). The Morgan fingerprint density at radius 3 is 2.66 bits per heavy atom. The van der Waals surface area contributed by atoms with Gasteiger partial charge in [0.2, 0.25) is 0 Å². The molecule has 0 radical (unpaired) electrons. The summed E-state index contributed by atoms with van der Waals surface area (Å²) in [5, 5.41) is 10.7. The Morgan fingerprint density at radius 1 is 1.16 bits per heavy atom. The van der Waals surface area contributed by atoms with Gasteiger partial charge >= 0.3 is 0 Å². The van der Waals surface area contributed by atoms with E-state index < -0.39 is 0 Å². The zero-order valence-electron chi connectivity index (χ0n) is 16.8. The van der Waals surface area contributed by atoms with Crippen LogP contribution in [0.15, 0.2) is 69.9 Å². The summed E-state index contributed by atoms with van der Waals surface area (Å²) in [5.74, 6) is 0.929. The average molecular weight is 499 g/mol. The van der Waals surface area contributed by atoms with Crippen LogP contribution in [0.4, 0.5) is 0 Å². The van der Waals surface area contributed by atoms with Crippen molar-refractivity contribution >= 4 is 62.6 Å². The lowest BCUT2D eigenvalue weighted by molar-refractivity contribution is 0.284. The van der Waals surface area contributed by atoms with E-state index in [1.165, 1.54) is 11.8 Å². The smallest absolute Gasteiger partial charge is 0.180 e. The Labute approximate surface area is 204 Å². The number of rotatable bonds is 7. The van der Waals surface area contributed by atoms with Crippen LogP contribution in [0.5, 0.6) is 11.5 Å². The molecule has 0 saturated carbocycles. The van der Waals surface area contributed by atoms with Gasteiger partial charge in [-0.3, -0.25) is 0 Å². The molecule has 0 bridgehead atoms. The highest BCUT2D eigenvalue weighted by Gasteiger charge is 2.13. The lowest BCUT2D eigenvalue weighted by atomic mass is 10.2.